The number of carbonyl (C=O) groups excluding carboxylic acids is 1. The van der Waals surface area contributed by atoms with E-state index in [1.54, 1.807) is 5.57 Å². The summed E-state index contributed by atoms with van der Waals surface area (Å²) in [6.45, 7) is 4.85. The second-order valence-electron chi connectivity index (χ2n) is 10.9. The first-order valence-corrected chi connectivity index (χ1v) is 12.5. The third-order valence-corrected chi connectivity index (χ3v) is 9.52. The van der Waals surface area contributed by atoms with E-state index in [9.17, 15) is 9.90 Å². The lowest BCUT2D eigenvalue weighted by Crippen LogP contribution is -2.51. The molecule has 1 aromatic rings. The van der Waals surface area contributed by atoms with Crippen LogP contribution in [-0.2, 0) is 4.79 Å². The molecule has 0 aromatic heterocycles. The van der Waals surface area contributed by atoms with Gasteiger partial charge in [-0.15, -0.1) is 0 Å². The quantitative estimate of drug-likeness (QED) is 0.649. The smallest absolute Gasteiger partial charge is 0.231 e. The van der Waals surface area contributed by atoms with Crippen molar-refractivity contribution in [1.82, 2.24) is 0 Å². The van der Waals surface area contributed by atoms with E-state index in [0.29, 0.717) is 18.3 Å². The fraction of sp³-hybridized carbons (Fsp3) is 0.607. The molecule has 0 amide bonds. The average Bonchev–Trinajstić information content (AvgIpc) is 3.35. The van der Waals surface area contributed by atoms with Gasteiger partial charge in [0.15, 0.2) is 17.3 Å². The second-order valence-corrected chi connectivity index (χ2v) is 10.9. The van der Waals surface area contributed by atoms with Crippen LogP contribution in [0.3, 0.4) is 0 Å². The molecule has 0 radical (unpaired) electrons. The number of fused-ring (bicyclic) bond motifs is 5. The minimum atomic E-state index is -0.587. The van der Waals surface area contributed by atoms with Gasteiger partial charge in [0, 0.05) is 17.8 Å². The van der Waals surface area contributed by atoms with Crippen molar-refractivity contribution in [2.24, 2.45) is 17.3 Å². The zero-order valence-electron chi connectivity index (χ0n) is 19.3. The van der Waals surface area contributed by atoms with Crippen LogP contribution in [-0.4, -0.2) is 23.3 Å². The van der Waals surface area contributed by atoms with Gasteiger partial charge in [0.05, 0.1) is 5.60 Å². The van der Waals surface area contributed by atoms with Gasteiger partial charge in [0.2, 0.25) is 6.79 Å². The van der Waals surface area contributed by atoms with Gasteiger partial charge in [0.1, 0.15) is 0 Å². The molecule has 1 aliphatic heterocycles. The molecule has 2 fully saturated rings. The van der Waals surface area contributed by atoms with Crippen LogP contribution in [0.15, 0.2) is 41.0 Å². The summed E-state index contributed by atoms with van der Waals surface area (Å²) in [6.07, 6.45) is 10.4. The highest BCUT2D eigenvalue weighted by molar-refractivity contribution is 5.93. The number of hydrogen-bond donors (Lipinski definition) is 1. The topological polar surface area (TPSA) is 55.8 Å². The number of ether oxygens (including phenoxy) is 2. The maximum Gasteiger partial charge on any atom is 0.231 e. The molecule has 5 atom stereocenters. The number of benzene rings is 1. The molecule has 1 heterocycles. The summed E-state index contributed by atoms with van der Waals surface area (Å²) in [7, 11) is 0. The van der Waals surface area contributed by atoms with Crippen LogP contribution in [0.5, 0.6) is 11.5 Å². The molecule has 0 saturated heterocycles. The second kappa shape index (κ2) is 7.21. The van der Waals surface area contributed by atoms with Gasteiger partial charge < -0.3 is 14.6 Å². The highest BCUT2D eigenvalue weighted by Gasteiger charge is 2.62. The van der Waals surface area contributed by atoms with Gasteiger partial charge in [-0.05, 0) is 91.7 Å². The minimum Gasteiger partial charge on any atom is -0.454 e. The zero-order valence-corrected chi connectivity index (χ0v) is 19.3. The first kappa shape index (κ1) is 20.5. The SMILES string of the molecule is CCC[C@]1(O)CCC2C3CCC4=CC(=O)CCC4=C3C(c3ccc4c(c3)OCO4)C[C@@]21C. The summed E-state index contributed by atoms with van der Waals surface area (Å²) in [5, 5.41) is 11.9. The molecular formula is C28H34O4. The largest absolute Gasteiger partial charge is 0.454 e. The Labute approximate surface area is 190 Å². The molecule has 4 heteroatoms. The number of hydrogen-bond acceptors (Lipinski definition) is 4. The van der Waals surface area contributed by atoms with Crippen molar-refractivity contribution in [3.8, 4) is 11.5 Å². The van der Waals surface area contributed by atoms with Gasteiger partial charge in [-0.2, -0.15) is 0 Å². The van der Waals surface area contributed by atoms with Crippen LogP contribution in [0.1, 0.15) is 83.1 Å². The van der Waals surface area contributed by atoms with Crippen LogP contribution in [0, 0.1) is 17.3 Å². The molecule has 0 spiro atoms. The summed E-state index contributed by atoms with van der Waals surface area (Å²) in [5.74, 6) is 3.20. The number of allylic oxidation sites excluding steroid dienone is 4. The molecule has 3 unspecified atom stereocenters. The molecular weight excluding hydrogens is 400 g/mol. The van der Waals surface area contributed by atoms with E-state index in [0.717, 1.165) is 62.9 Å². The van der Waals surface area contributed by atoms with Crippen molar-refractivity contribution < 1.29 is 19.4 Å². The van der Waals surface area contributed by atoms with E-state index in [1.165, 1.54) is 16.7 Å². The van der Waals surface area contributed by atoms with Crippen LogP contribution in [0.25, 0.3) is 0 Å². The Bertz CT molecular complexity index is 1040. The molecule has 1 aromatic carbocycles. The Kier molecular flexibility index (Phi) is 4.63. The molecule has 32 heavy (non-hydrogen) atoms. The highest BCUT2D eigenvalue weighted by atomic mass is 16.7. The molecule has 170 valence electrons. The molecule has 4 aliphatic carbocycles. The van der Waals surface area contributed by atoms with E-state index in [4.69, 9.17) is 9.47 Å². The average molecular weight is 435 g/mol. The predicted molar refractivity (Wildman–Crippen MR) is 123 cm³/mol. The van der Waals surface area contributed by atoms with E-state index in [1.807, 2.05) is 12.1 Å². The van der Waals surface area contributed by atoms with Crippen molar-refractivity contribution >= 4 is 5.78 Å². The molecule has 6 rings (SSSR count). The molecule has 1 N–H and O–H groups in total. The molecule has 4 nitrogen and oxygen atoms in total. The maximum atomic E-state index is 12.2. The Hall–Kier alpha value is -2.07. The van der Waals surface area contributed by atoms with Crippen LogP contribution < -0.4 is 9.47 Å². The fourth-order valence-corrected chi connectivity index (χ4v) is 8.01. The van der Waals surface area contributed by atoms with E-state index in [-0.39, 0.29) is 23.9 Å². The van der Waals surface area contributed by atoms with Crippen molar-refractivity contribution in [3.05, 3.63) is 46.6 Å². The standard InChI is InChI=1S/C28H34O4/c1-3-11-28(30)12-10-23-21-7-4-17-13-19(29)6-8-20(17)26(21)22(15-27(23,28)2)18-5-9-24-25(14-18)32-16-31-24/h5,9,13-14,21-23,30H,3-4,6-8,10-12,15-16H2,1-2H3/t21?,22?,23?,27-,28-/m0/s1. The number of ketones is 1. The normalized spacial score (nSPS) is 37.7. The Morgan fingerprint density at radius 3 is 2.81 bits per heavy atom. The van der Waals surface area contributed by atoms with Crippen LogP contribution >= 0.6 is 0 Å². The summed E-state index contributed by atoms with van der Waals surface area (Å²) < 4.78 is 11.3. The van der Waals surface area contributed by atoms with E-state index < -0.39 is 5.60 Å². The Morgan fingerprint density at radius 2 is 1.97 bits per heavy atom. The van der Waals surface area contributed by atoms with Crippen molar-refractivity contribution in [2.45, 2.75) is 83.2 Å². The Morgan fingerprint density at radius 1 is 1.12 bits per heavy atom. The van der Waals surface area contributed by atoms with Gasteiger partial charge in [-0.25, -0.2) is 0 Å². The number of aliphatic hydroxyl groups is 1. The van der Waals surface area contributed by atoms with Crippen LogP contribution in [0.4, 0.5) is 0 Å². The first-order chi connectivity index (χ1) is 15.4. The summed E-state index contributed by atoms with van der Waals surface area (Å²) >= 11 is 0. The van der Waals surface area contributed by atoms with Gasteiger partial charge in [0.25, 0.3) is 0 Å². The molecule has 0 bridgehead atoms. The number of carbonyl (C=O) groups is 1. The minimum absolute atomic E-state index is 0.0928. The third-order valence-electron chi connectivity index (χ3n) is 9.52. The van der Waals surface area contributed by atoms with Gasteiger partial charge >= 0.3 is 0 Å². The van der Waals surface area contributed by atoms with Crippen molar-refractivity contribution in [2.75, 3.05) is 6.79 Å². The monoisotopic (exact) mass is 434 g/mol. The first-order valence-electron chi connectivity index (χ1n) is 12.5. The predicted octanol–water partition coefficient (Wildman–Crippen LogP) is 5.85. The van der Waals surface area contributed by atoms with Crippen LogP contribution in [0.2, 0.25) is 0 Å². The number of rotatable bonds is 3. The molecule has 2 saturated carbocycles. The molecule has 5 aliphatic rings. The summed E-state index contributed by atoms with van der Waals surface area (Å²) in [6, 6.07) is 6.41. The third kappa shape index (κ3) is 2.81. The fourth-order valence-electron chi connectivity index (χ4n) is 8.01. The van der Waals surface area contributed by atoms with Gasteiger partial charge in [-0.1, -0.05) is 31.9 Å². The van der Waals surface area contributed by atoms with E-state index >= 15 is 0 Å². The summed E-state index contributed by atoms with van der Waals surface area (Å²) in [4.78, 5) is 12.2. The lowest BCUT2D eigenvalue weighted by molar-refractivity contribution is -0.114. The maximum absolute atomic E-state index is 12.2. The lowest BCUT2D eigenvalue weighted by atomic mass is 9.51. The lowest BCUT2D eigenvalue weighted by Gasteiger charge is -2.55. The highest BCUT2D eigenvalue weighted by Crippen LogP contribution is 2.67. The Balaban J connectivity index is 1.51. The van der Waals surface area contributed by atoms with Gasteiger partial charge in [-0.3, -0.25) is 4.79 Å². The summed E-state index contributed by atoms with van der Waals surface area (Å²) in [5.41, 5.74) is 4.89. The van der Waals surface area contributed by atoms with Crippen molar-refractivity contribution in [1.29, 1.82) is 0 Å². The van der Waals surface area contributed by atoms with Crippen molar-refractivity contribution in [3.63, 3.8) is 0 Å². The zero-order chi connectivity index (χ0) is 22.1. The van der Waals surface area contributed by atoms with E-state index in [2.05, 4.69) is 26.0 Å².